The van der Waals surface area contributed by atoms with Crippen molar-refractivity contribution in [2.45, 2.75) is 19.8 Å². The van der Waals surface area contributed by atoms with Crippen LogP contribution in [-0.2, 0) is 9.59 Å². The van der Waals surface area contributed by atoms with E-state index in [9.17, 15) is 14.4 Å². The van der Waals surface area contributed by atoms with Crippen LogP contribution in [0, 0.1) is 5.92 Å². The summed E-state index contributed by atoms with van der Waals surface area (Å²) in [4.78, 5) is 36.8. The molecule has 1 saturated heterocycles. The lowest BCUT2D eigenvalue weighted by Gasteiger charge is -2.27. The summed E-state index contributed by atoms with van der Waals surface area (Å²) < 4.78 is 0.672. The molecule has 0 N–H and O–H groups in total. The normalized spacial score (nSPS) is 16.8. The SMILES string of the molecule is CC1CC(=O)N(CC(=O)c2ccccc2Br)C(=O)C1. The molecule has 4 nitrogen and oxygen atoms in total. The molecule has 0 saturated carbocycles. The van der Waals surface area contributed by atoms with E-state index in [1.54, 1.807) is 24.3 Å². The fourth-order valence-electron chi connectivity index (χ4n) is 2.12. The number of carbonyl (C=O) groups is 3. The van der Waals surface area contributed by atoms with E-state index in [2.05, 4.69) is 15.9 Å². The van der Waals surface area contributed by atoms with Gasteiger partial charge in [-0.25, -0.2) is 0 Å². The van der Waals surface area contributed by atoms with Gasteiger partial charge in [0.2, 0.25) is 11.8 Å². The second kappa shape index (κ2) is 5.65. The number of likely N-dealkylation sites (tertiary alicyclic amines) is 1. The molecule has 1 heterocycles. The lowest BCUT2D eigenvalue weighted by atomic mass is 9.97. The highest BCUT2D eigenvalue weighted by Crippen LogP contribution is 2.21. The van der Waals surface area contributed by atoms with Crippen LogP contribution < -0.4 is 0 Å². The fraction of sp³-hybridized carbons (Fsp3) is 0.357. The van der Waals surface area contributed by atoms with Gasteiger partial charge in [0, 0.05) is 22.9 Å². The summed E-state index contributed by atoms with van der Waals surface area (Å²) >= 11 is 3.29. The van der Waals surface area contributed by atoms with E-state index in [4.69, 9.17) is 0 Å². The predicted molar refractivity (Wildman–Crippen MR) is 73.6 cm³/mol. The molecule has 2 rings (SSSR count). The number of benzene rings is 1. The number of nitrogens with zero attached hydrogens (tertiary/aromatic N) is 1. The van der Waals surface area contributed by atoms with Crippen molar-refractivity contribution in [3.63, 3.8) is 0 Å². The van der Waals surface area contributed by atoms with Crippen LogP contribution in [0.25, 0.3) is 0 Å². The molecular weight excluding hydrogens is 310 g/mol. The average Bonchev–Trinajstić information content (AvgIpc) is 2.34. The highest BCUT2D eigenvalue weighted by molar-refractivity contribution is 9.10. The Labute approximate surface area is 119 Å². The van der Waals surface area contributed by atoms with E-state index < -0.39 is 0 Å². The van der Waals surface area contributed by atoms with Gasteiger partial charge in [0.25, 0.3) is 0 Å². The number of rotatable bonds is 3. The van der Waals surface area contributed by atoms with E-state index in [1.165, 1.54) is 0 Å². The second-order valence-corrected chi connectivity index (χ2v) is 5.64. The zero-order chi connectivity index (χ0) is 14.0. The average molecular weight is 324 g/mol. The lowest BCUT2D eigenvalue weighted by Crippen LogP contribution is -2.45. The number of hydrogen-bond acceptors (Lipinski definition) is 3. The lowest BCUT2D eigenvalue weighted by molar-refractivity contribution is -0.149. The van der Waals surface area contributed by atoms with Gasteiger partial charge in [0.15, 0.2) is 5.78 Å². The van der Waals surface area contributed by atoms with Gasteiger partial charge in [-0.15, -0.1) is 0 Å². The number of carbonyl (C=O) groups excluding carboxylic acids is 3. The summed E-state index contributed by atoms with van der Waals surface area (Å²) in [6.07, 6.45) is 0.657. The van der Waals surface area contributed by atoms with Crippen LogP contribution in [0.5, 0.6) is 0 Å². The Bertz CT molecular complexity index is 523. The molecule has 1 aliphatic heterocycles. The Morgan fingerprint density at radius 3 is 2.42 bits per heavy atom. The van der Waals surface area contributed by atoms with Gasteiger partial charge in [-0.05, 0) is 12.0 Å². The molecule has 0 spiro atoms. The van der Waals surface area contributed by atoms with Crippen molar-refractivity contribution in [3.05, 3.63) is 34.3 Å². The Morgan fingerprint density at radius 2 is 1.84 bits per heavy atom. The molecule has 0 aromatic heterocycles. The molecule has 1 aromatic rings. The van der Waals surface area contributed by atoms with E-state index in [-0.39, 0.29) is 30.1 Å². The standard InChI is InChI=1S/C14H14BrNO3/c1-9-6-13(18)16(14(19)7-9)8-12(17)10-4-2-3-5-11(10)15/h2-5,9H,6-8H2,1H3. The molecule has 1 aliphatic rings. The van der Waals surface area contributed by atoms with Crippen molar-refractivity contribution in [1.82, 2.24) is 4.90 Å². The third kappa shape index (κ3) is 3.10. The molecule has 1 fully saturated rings. The van der Waals surface area contributed by atoms with Gasteiger partial charge in [0.05, 0.1) is 6.54 Å². The third-order valence-corrected chi connectivity index (χ3v) is 3.82. The largest absolute Gasteiger partial charge is 0.292 e. The topological polar surface area (TPSA) is 54.5 Å². The van der Waals surface area contributed by atoms with Crippen LogP contribution in [0.1, 0.15) is 30.1 Å². The monoisotopic (exact) mass is 323 g/mol. The summed E-state index contributed by atoms with van der Waals surface area (Å²) in [5.41, 5.74) is 0.488. The summed E-state index contributed by atoms with van der Waals surface area (Å²) in [6, 6.07) is 6.99. The predicted octanol–water partition coefficient (Wildman–Crippen LogP) is 2.42. The van der Waals surface area contributed by atoms with Gasteiger partial charge in [0.1, 0.15) is 0 Å². The minimum Gasteiger partial charge on any atom is -0.292 e. The Kier molecular flexibility index (Phi) is 4.14. The molecule has 19 heavy (non-hydrogen) atoms. The van der Waals surface area contributed by atoms with E-state index in [1.807, 2.05) is 6.92 Å². The zero-order valence-corrected chi connectivity index (χ0v) is 12.1. The molecule has 0 radical (unpaired) electrons. The van der Waals surface area contributed by atoms with Gasteiger partial charge < -0.3 is 0 Å². The number of amides is 2. The first-order valence-corrected chi connectivity index (χ1v) is 6.89. The molecule has 5 heteroatoms. The van der Waals surface area contributed by atoms with Crippen molar-refractivity contribution in [1.29, 1.82) is 0 Å². The molecule has 2 amide bonds. The molecule has 100 valence electrons. The number of halogens is 1. The van der Waals surface area contributed by atoms with E-state index >= 15 is 0 Å². The first-order valence-electron chi connectivity index (χ1n) is 6.10. The minimum atomic E-state index is -0.260. The van der Waals surface area contributed by atoms with Gasteiger partial charge in [-0.3, -0.25) is 19.3 Å². The van der Waals surface area contributed by atoms with E-state index in [0.29, 0.717) is 22.9 Å². The van der Waals surface area contributed by atoms with Crippen LogP contribution >= 0.6 is 15.9 Å². The highest BCUT2D eigenvalue weighted by atomic mass is 79.9. The van der Waals surface area contributed by atoms with E-state index in [0.717, 1.165) is 4.90 Å². The second-order valence-electron chi connectivity index (χ2n) is 4.79. The Morgan fingerprint density at radius 1 is 1.26 bits per heavy atom. The van der Waals surface area contributed by atoms with Crippen LogP contribution in [0.15, 0.2) is 28.7 Å². The zero-order valence-electron chi connectivity index (χ0n) is 10.6. The van der Waals surface area contributed by atoms with Gasteiger partial charge in [-0.2, -0.15) is 0 Å². The number of piperidine rings is 1. The minimum absolute atomic E-state index is 0.0646. The van der Waals surface area contributed by atoms with Gasteiger partial charge >= 0.3 is 0 Å². The molecule has 0 unspecified atom stereocenters. The van der Waals surface area contributed by atoms with Crippen LogP contribution in [0.3, 0.4) is 0 Å². The molecule has 0 atom stereocenters. The number of hydrogen-bond donors (Lipinski definition) is 0. The van der Waals surface area contributed by atoms with Crippen molar-refractivity contribution in [2.24, 2.45) is 5.92 Å². The number of imide groups is 1. The highest BCUT2D eigenvalue weighted by Gasteiger charge is 2.31. The Hall–Kier alpha value is -1.49. The van der Waals surface area contributed by atoms with Crippen molar-refractivity contribution < 1.29 is 14.4 Å². The third-order valence-electron chi connectivity index (χ3n) is 3.12. The first kappa shape index (κ1) is 13.9. The molecular formula is C14H14BrNO3. The summed E-state index contributed by atoms with van der Waals surface area (Å²) in [7, 11) is 0. The molecule has 1 aromatic carbocycles. The van der Waals surface area contributed by atoms with Crippen LogP contribution in [-0.4, -0.2) is 29.0 Å². The number of ketones is 1. The van der Waals surface area contributed by atoms with Crippen LogP contribution in [0.4, 0.5) is 0 Å². The van der Waals surface area contributed by atoms with Gasteiger partial charge in [-0.1, -0.05) is 41.1 Å². The maximum Gasteiger partial charge on any atom is 0.229 e. The number of Topliss-reactive ketones (excluding diaryl/α,β-unsaturated/α-hetero) is 1. The molecule has 0 aliphatic carbocycles. The molecule has 0 bridgehead atoms. The first-order chi connectivity index (χ1) is 8.99. The van der Waals surface area contributed by atoms with Crippen molar-refractivity contribution in [3.8, 4) is 0 Å². The summed E-state index contributed by atoms with van der Waals surface area (Å²) in [6.45, 7) is 1.69. The summed E-state index contributed by atoms with van der Waals surface area (Å²) in [5, 5.41) is 0. The van der Waals surface area contributed by atoms with Crippen molar-refractivity contribution in [2.75, 3.05) is 6.54 Å². The maximum absolute atomic E-state index is 12.1. The maximum atomic E-state index is 12.1. The summed E-state index contributed by atoms with van der Waals surface area (Å²) in [5.74, 6) is -0.688. The van der Waals surface area contributed by atoms with Crippen molar-refractivity contribution >= 4 is 33.5 Å². The quantitative estimate of drug-likeness (QED) is 0.634. The fourth-order valence-corrected chi connectivity index (χ4v) is 2.63. The Balaban J connectivity index is 2.13. The smallest absolute Gasteiger partial charge is 0.229 e. The van der Waals surface area contributed by atoms with Crippen LogP contribution in [0.2, 0.25) is 0 Å².